The van der Waals surface area contributed by atoms with Gasteiger partial charge in [-0.3, -0.25) is 29.0 Å². The zero-order chi connectivity index (χ0) is 55.6. The molecule has 8 unspecified atom stereocenters. The molecule has 2 aromatic heterocycles. The molecule has 18 heteroatoms. The molecular formula is C62H70N8O10. The molecule has 18 nitrogen and oxygen atoms in total. The Morgan fingerprint density at radius 1 is 0.713 bits per heavy atom. The van der Waals surface area contributed by atoms with E-state index in [4.69, 9.17) is 23.8 Å². The normalized spacial score (nSPS) is 26.4. The molecule has 0 bridgehead atoms. The number of carbonyl (C=O) groups excluding carboxylic acids is 4. The number of fused-ring (bicyclic) bond motifs is 4. The number of H-pyrrole nitrogens is 1. The number of aliphatic hydroxyl groups is 1. The van der Waals surface area contributed by atoms with Crippen molar-refractivity contribution in [3.8, 4) is 0 Å². The number of amides is 4. The van der Waals surface area contributed by atoms with Crippen molar-refractivity contribution in [3.05, 3.63) is 167 Å². The number of carbonyl (C=O) groups is 4. The monoisotopic (exact) mass is 1090 g/mol. The molecule has 4 fully saturated rings. The molecule has 0 radical (unpaired) electrons. The van der Waals surface area contributed by atoms with E-state index in [-0.39, 0.29) is 40.8 Å². The maximum atomic E-state index is 15.6. The largest absolute Gasteiger partial charge is 0.407 e. The van der Waals surface area contributed by atoms with Gasteiger partial charge in [0.15, 0.2) is 12.4 Å². The van der Waals surface area contributed by atoms with E-state index < -0.39 is 84.4 Å². The van der Waals surface area contributed by atoms with E-state index in [1.165, 1.54) is 39.6 Å². The zero-order valence-electron chi connectivity index (χ0n) is 46.0. The number of nitrogens with zero attached hydrogens (tertiary/aromatic N) is 5. The Hall–Kier alpha value is -7.22. The van der Waals surface area contributed by atoms with Gasteiger partial charge in [0, 0.05) is 48.9 Å². The number of anilines is 2. The van der Waals surface area contributed by atoms with Crippen LogP contribution in [-0.2, 0) is 52.2 Å². The fourth-order valence-corrected chi connectivity index (χ4v) is 12.8. The molecule has 12 atom stereocenters. The van der Waals surface area contributed by atoms with Crippen molar-refractivity contribution < 1.29 is 48.1 Å². The minimum atomic E-state index is -1.22. The first-order chi connectivity index (χ1) is 38.5. The van der Waals surface area contributed by atoms with Gasteiger partial charge in [-0.25, -0.2) is 9.97 Å². The summed E-state index contributed by atoms with van der Waals surface area (Å²) in [5, 5.41) is 17.9. The maximum Gasteiger partial charge on any atom is 0.279 e. The topological polar surface area (TPSA) is 212 Å². The van der Waals surface area contributed by atoms with E-state index >= 15 is 14.4 Å². The van der Waals surface area contributed by atoms with Crippen molar-refractivity contribution in [2.24, 2.45) is 11.8 Å². The summed E-state index contributed by atoms with van der Waals surface area (Å²) < 4.78 is 26.5. The van der Waals surface area contributed by atoms with Gasteiger partial charge in [0.05, 0.1) is 62.2 Å². The van der Waals surface area contributed by atoms with Gasteiger partial charge < -0.3 is 44.5 Å². The van der Waals surface area contributed by atoms with Gasteiger partial charge in [0.25, 0.3) is 11.8 Å². The van der Waals surface area contributed by atoms with Crippen LogP contribution >= 0.6 is 0 Å². The third kappa shape index (κ3) is 10.2. The Morgan fingerprint density at radius 2 is 1.31 bits per heavy atom. The number of hydrogen-bond donors (Lipinski definition) is 4. The second-order valence-electron chi connectivity index (χ2n) is 24.3. The Kier molecular flexibility index (Phi) is 14.3. The first kappa shape index (κ1) is 53.4. The van der Waals surface area contributed by atoms with Crippen molar-refractivity contribution in [1.29, 1.82) is 0 Å². The number of aromatic amines is 1. The van der Waals surface area contributed by atoms with E-state index in [9.17, 15) is 9.90 Å². The van der Waals surface area contributed by atoms with Crippen LogP contribution < -0.4 is 25.3 Å². The highest BCUT2D eigenvalue weighted by Crippen LogP contribution is 2.42. The summed E-state index contributed by atoms with van der Waals surface area (Å²) in [7, 11) is 0. The van der Waals surface area contributed by atoms with Crippen LogP contribution in [-0.4, -0.2) is 117 Å². The van der Waals surface area contributed by atoms with Crippen LogP contribution in [0.5, 0.6) is 0 Å². The van der Waals surface area contributed by atoms with Crippen molar-refractivity contribution in [3.63, 3.8) is 0 Å². The van der Waals surface area contributed by atoms with Crippen LogP contribution in [0.15, 0.2) is 122 Å². The fourth-order valence-electron chi connectivity index (χ4n) is 12.8. The van der Waals surface area contributed by atoms with Gasteiger partial charge in [0.1, 0.15) is 29.8 Å². The van der Waals surface area contributed by atoms with Crippen molar-refractivity contribution in [1.82, 2.24) is 30.3 Å². The lowest BCUT2D eigenvalue weighted by molar-refractivity contribution is -0.138. The van der Waals surface area contributed by atoms with Crippen molar-refractivity contribution in [2.45, 2.75) is 145 Å². The summed E-state index contributed by atoms with van der Waals surface area (Å²) in [6.45, 7) is 13.9. The molecule has 80 heavy (non-hydrogen) atoms. The lowest BCUT2D eigenvalue weighted by atomic mass is 9.86. The van der Waals surface area contributed by atoms with Crippen LogP contribution in [0, 0.1) is 11.8 Å². The molecule has 4 N–H and O–H groups in total. The molecular weight excluding hydrogens is 1020 g/mol. The number of benzene rings is 4. The Bertz CT molecular complexity index is 3230. The van der Waals surface area contributed by atoms with Crippen molar-refractivity contribution >= 4 is 35.0 Å². The predicted octanol–water partition coefficient (Wildman–Crippen LogP) is 6.87. The van der Waals surface area contributed by atoms with Gasteiger partial charge in [-0.15, -0.1) is 0 Å². The molecule has 418 valence electrons. The van der Waals surface area contributed by atoms with Gasteiger partial charge in [-0.05, 0) is 87.7 Å². The number of nitrogens with one attached hydrogen (secondary N) is 3. The molecule has 0 saturated carbocycles. The summed E-state index contributed by atoms with van der Waals surface area (Å²) in [5.74, 6) is -2.51. The molecule has 0 spiro atoms. The molecule has 4 amide bonds. The number of ether oxygens (including phenoxy) is 4. The SMILES string of the molecule is CC(C)(C)c1ccc(N(C(=O)c2cn(O[C@H]3Cc4ccccc4[C@H]3NC(=O)C(C3COC4CCOC43)N(C(=O)c3c[nH]cn3)c3ccc(C(C)(C)C)cc3)cn2)C(C(=O)N[C@@H]2c3ccccc3C[C@@H]2O)C2CC3CCOC3O2)cc1. The highest BCUT2D eigenvalue weighted by Gasteiger charge is 2.53. The summed E-state index contributed by atoms with van der Waals surface area (Å²) in [6.07, 6.45) is 4.91. The summed E-state index contributed by atoms with van der Waals surface area (Å²) in [4.78, 5) is 82.9. The summed E-state index contributed by atoms with van der Waals surface area (Å²) in [6, 6.07) is 27.0. The third-order valence-electron chi connectivity index (χ3n) is 17.1. The second-order valence-corrected chi connectivity index (χ2v) is 24.3. The minimum Gasteiger partial charge on any atom is -0.407 e. The summed E-state index contributed by atoms with van der Waals surface area (Å²) >= 11 is 0. The lowest BCUT2D eigenvalue weighted by Gasteiger charge is -2.37. The highest BCUT2D eigenvalue weighted by atomic mass is 16.7. The van der Waals surface area contributed by atoms with Crippen LogP contribution in [0.1, 0.15) is 127 Å². The van der Waals surface area contributed by atoms with Crippen LogP contribution in [0.2, 0.25) is 0 Å². The van der Waals surface area contributed by atoms with E-state index in [1.54, 1.807) is 0 Å². The van der Waals surface area contributed by atoms with Crippen molar-refractivity contribution in [2.75, 3.05) is 29.6 Å². The Morgan fingerprint density at radius 3 is 1.96 bits per heavy atom. The molecule has 6 heterocycles. The molecule has 4 saturated heterocycles. The molecule has 6 aliphatic rings. The maximum absolute atomic E-state index is 15.6. The molecule has 12 rings (SSSR count). The first-order valence-corrected chi connectivity index (χ1v) is 28.0. The zero-order valence-corrected chi connectivity index (χ0v) is 46.0. The van der Waals surface area contributed by atoms with Crippen LogP contribution in [0.4, 0.5) is 11.4 Å². The number of hydrogen-bond acceptors (Lipinski definition) is 12. The average Bonchev–Trinajstić information content (AvgIpc) is 4.39. The number of aromatic nitrogens is 4. The van der Waals surface area contributed by atoms with Gasteiger partial charge in [0.2, 0.25) is 11.8 Å². The minimum absolute atomic E-state index is 0.0168. The fraction of sp³-hybridized carbons (Fsp3) is 0.452. The predicted molar refractivity (Wildman–Crippen MR) is 296 cm³/mol. The number of rotatable bonds is 14. The quantitative estimate of drug-likeness (QED) is 0.0881. The van der Waals surface area contributed by atoms with E-state index in [1.807, 2.05) is 97.1 Å². The number of aliphatic hydroxyl groups excluding tert-OH is 1. The smallest absolute Gasteiger partial charge is 0.279 e. The second kappa shape index (κ2) is 21.4. The van der Waals surface area contributed by atoms with E-state index in [0.29, 0.717) is 50.3 Å². The summed E-state index contributed by atoms with van der Waals surface area (Å²) in [5.41, 5.74) is 6.33. The molecule has 2 aliphatic carbocycles. The third-order valence-corrected chi connectivity index (χ3v) is 17.1. The van der Waals surface area contributed by atoms with Gasteiger partial charge >= 0.3 is 0 Å². The lowest BCUT2D eigenvalue weighted by Crippen LogP contribution is -2.57. The molecule has 4 aromatic carbocycles. The molecule has 4 aliphatic heterocycles. The standard InChI is InChI=1S/C62H70N8O10/c1-61(2,3)38-15-19-40(20-16-38)69(58(74)45-30-63-33-64-45)53(44-32-78-48-24-26-76-55(44)48)56(72)67-52-43-14-10-8-12-36(43)28-49(52)80-68-31-46(65-34-68)59(75)70(41-21-17-39(18-22-41)62(4,5)6)54(50-29-37-23-25-77-60(37)79-50)57(73)66-51-42-13-9-7-11-35(42)27-47(51)71/h7-22,30-31,33-34,37,44,47-55,60,71H,23-29,32H2,1-6H3,(H,63,64)(H,66,73)(H,67,72)/t37?,44?,47-,48?,49-,50?,51+,52+,53?,54?,55?,60?/m0/s1. The van der Waals surface area contributed by atoms with E-state index in [2.05, 4.69) is 67.1 Å². The van der Waals surface area contributed by atoms with Crippen LogP contribution in [0.3, 0.4) is 0 Å². The Balaban J connectivity index is 0.871. The van der Waals surface area contributed by atoms with Gasteiger partial charge in [-0.1, -0.05) is 114 Å². The number of imidazole rings is 2. The molecule has 6 aromatic rings. The highest BCUT2D eigenvalue weighted by molar-refractivity contribution is 6.10. The van der Waals surface area contributed by atoms with Crippen LogP contribution in [0.25, 0.3) is 0 Å². The Labute approximate surface area is 465 Å². The first-order valence-electron chi connectivity index (χ1n) is 28.0. The van der Waals surface area contributed by atoms with E-state index in [0.717, 1.165) is 39.8 Å². The average molecular weight is 1090 g/mol. The van der Waals surface area contributed by atoms with Gasteiger partial charge in [-0.2, -0.15) is 4.73 Å².